The van der Waals surface area contributed by atoms with Crippen LogP contribution in [0, 0.1) is 0 Å². The van der Waals surface area contributed by atoms with Crippen LogP contribution in [0.3, 0.4) is 0 Å². The van der Waals surface area contributed by atoms with Gasteiger partial charge in [-0.15, -0.1) is 0 Å². The average Bonchev–Trinajstić information content (AvgIpc) is 2.71. The first kappa shape index (κ1) is 8.83. The summed E-state index contributed by atoms with van der Waals surface area (Å²) >= 11 is 0. The SMILES string of the molecule is OCc1ccnc(Cn2cccn2)n1. The molecule has 0 fully saturated rings. The summed E-state index contributed by atoms with van der Waals surface area (Å²) in [4.78, 5) is 8.22. The zero-order valence-electron chi connectivity index (χ0n) is 7.54. The maximum atomic E-state index is 8.88. The molecule has 1 N–H and O–H groups in total. The molecule has 0 unspecified atom stereocenters. The quantitative estimate of drug-likeness (QED) is 0.751. The predicted octanol–water partition coefficient (Wildman–Crippen LogP) is 0.214. The van der Waals surface area contributed by atoms with Gasteiger partial charge in [0, 0.05) is 18.6 Å². The summed E-state index contributed by atoms with van der Waals surface area (Å²) in [5.74, 6) is 0.653. The molecule has 0 spiro atoms. The van der Waals surface area contributed by atoms with E-state index in [1.807, 2.05) is 12.3 Å². The van der Waals surface area contributed by atoms with Crippen LogP contribution >= 0.6 is 0 Å². The molecule has 2 rings (SSSR count). The molecule has 5 heteroatoms. The van der Waals surface area contributed by atoms with Gasteiger partial charge in [-0.2, -0.15) is 5.10 Å². The molecule has 5 nitrogen and oxygen atoms in total. The monoisotopic (exact) mass is 190 g/mol. The summed E-state index contributed by atoms with van der Waals surface area (Å²) in [6.45, 7) is 0.468. The summed E-state index contributed by atoms with van der Waals surface area (Å²) in [6, 6.07) is 3.53. The van der Waals surface area contributed by atoms with Crippen LogP contribution in [0.1, 0.15) is 11.5 Å². The van der Waals surface area contributed by atoms with E-state index in [-0.39, 0.29) is 6.61 Å². The molecule has 0 atom stereocenters. The van der Waals surface area contributed by atoms with Crippen molar-refractivity contribution in [1.82, 2.24) is 19.7 Å². The molecule has 0 aliphatic rings. The van der Waals surface area contributed by atoms with Crippen LogP contribution in [0.5, 0.6) is 0 Å². The van der Waals surface area contributed by atoms with Crippen molar-refractivity contribution < 1.29 is 5.11 Å². The third-order valence-electron chi connectivity index (χ3n) is 1.79. The van der Waals surface area contributed by atoms with Crippen molar-refractivity contribution in [1.29, 1.82) is 0 Å². The molecule has 2 aromatic heterocycles. The lowest BCUT2D eigenvalue weighted by Gasteiger charge is -2.01. The summed E-state index contributed by atoms with van der Waals surface area (Å²) < 4.78 is 1.73. The minimum Gasteiger partial charge on any atom is -0.390 e. The number of aromatic nitrogens is 4. The highest BCUT2D eigenvalue weighted by Crippen LogP contribution is 1.97. The molecule has 0 radical (unpaired) electrons. The Hall–Kier alpha value is -1.75. The molecular formula is C9H10N4O. The second kappa shape index (κ2) is 3.97. The molecule has 0 amide bonds. The van der Waals surface area contributed by atoms with Gasteiger partial charge in [-0.3, -0.25) is 4.68 Å². The fourth-order valence-corrected chi connectivity index (χ4v) is 1.14. The van der Waals surface area contributed by atoms with Crippen LogP contribution in [0.2, 0.25) is 0 Å². The van der Waals surface area contributed by atoms with Crippen molar-refractivity contribution >= 4 is 0 Å². The molecule has 0 aliphatic carbocycles. The second-order valence-electron chi connectivity index (χ2n) is 2.83. The van der Waals surface area contributed by atoms with Gasteiger partial charge < -0.3 is 5.11 Å². The summed E-state index contributed by atoms with van der Waals surface area (Å²) in [5.41, 5.74) is 0.627. The summed E-state index contributed by atoms with van der Waals surface area (Å²) in [5, 5.41) is 12.9. The largest absolute Gasteiger partial charge is 0.390 e. The molecule has 0 aliphatic heterocycles. The first-order valence-electron chi connectivity index (χ1n) is 4.27. The van der Waals surface area contributed by atoms with Crippen LogP contribution in [0.25, 0.3) is 0 Å². The van der Waals surface area contributed by atoms with Gasteiger partial charge in [-0.25, -0.2) is 9.97 Å². The Morgan fingerprint density at radius 2 is 2.29 bits per heavy atom. The molecular weight excluding hydrogens is 180 g/mol. The van der Waals surface area contributed by atoms with Crippen molar-refractivity contribution in [2.45, 2.75) is 13.2 Å². The topological polar surface area (TPSA) is 63.8 Å². The molecule has 0 aromatic carbocycles. The molecule has 0 saturated carbocycles. The van der Waals surface area contributed by atoms with Crippen LogP contribution < -0.4 is 0 Å². The average molecular weight is 190 g/mol. The highest BCUT2D eigenvalue weighted by Gasteiger charge is 1.99. The fourth-order valence-electron chi connectivity index (χ4n) is 1.14. The Morgan fingerprint density at radius 3 is 3.00 bits per heavy atom. The van der Waals surface area contributed by atoms with Gasteiger partial charge >= 0.3 is 0 Å². The number of rotatable bonds is 3. The Morgan fingerprint density at radius 1 is 1.36 bits per heavy atom. The zero-order valence-corrected chi connectivity index (χ0v) is 7.54. The lowest BCUT2D eigenvalue weighted by Crippen LogP contribution is -2.06. The molecule has 72 valence electrons. The predicted molar refractivity (Wildman–Crippen MR) is 49.3 cm³/mol. The first-order valence-corrected chi connectivity index (χ1v) is 4.27. The number of hydrogen-bond acceptors (Lipinski definition) is 4. The second-order valence-corrected chi connectivity index (χ2v) is 2.83. The van der Waals surface area contributed by atoms with Crippen LogP contribution in [-0.4, -0.2) is 24.9 Å². The number of hydrogen-bond donors (Lipinski definition) is 1. The van der Waals surface area contributed by atoms with Crippen molar-refractivity contribution in [2.24, 2.45) is 0 Å². The van der Waals surface area contributed by atoms with Crippen LogP contribution in [0.15, 0.2) is 30.7 Å². The van der Waals surface area contributed by atoms with Gasteiger partial charge in [-0.05, 0) is 12.1 Å². The van der Waals surface area contributed by atoms with Gasteiger partial charge in [0.05, 0.1) is 12.3 Å². The maximum absolute atomic E-state index is 8.88. The minimum absolute atomic E-state index is 0.0609. The first-order chi connectivity index (χ1) is 6.88. The lowest BCUT2D eigenvalue weighted by molar-refractivity contribution is 0.276. The number of aliphatic hydroxyl groups is 1. The van der Waals surface area contributed by atoms with Gasteiger partial charge in [0.25, 0.3) is 0 Å². The Kier molecular flexibility index (Phi) is 2.51. The van der Waals surface area contributed by atoms with Crippen molar-refractivity contribution in [3.63, 3.8) is 0 Å². The van der Waals surface area contributed by atoms with E-state index in [4.69, 9.17) is 5.11 Å². The molecule has 2 heterocycles. The third-order valence-corrected chi connectivity index (χ3v) is 1.79. The minimum atomic E-state index is -0.0609. The van der Waals surface area contributed by atoms with E-state index < -0.39 is 0 Å². The van der Waals surface area contributed by atoms with Crippen molar-refractivity contribution in [2.75, 3.05) is 0 Å². The standard InChI is InChI=1S/C9H10N4O/c14-7-8-2-4-10-9(12-8)6-13-5-1-3-11-13/h1-5,14H,6-7H2. The van der Waals surface area contributed by atoms with Crippen molar-refractivity contribution in [3.05, 3.63) is 42.2 Å². The van der Waals surface area contributed by atoms with Gasteiger partial charge in [0.2, 0.25) is 0 Å². The fraction of sp³-hybridized carbons (Fsp3) is 0.222. The van der Waals surface area contributed by atoms with E-state index in [2.05, 4.69) is 15.1 Å². The third kappa shape index (κ3) is 1.94. The van der Waals surface area contributed by atoms with Gasteiger partial charge in [0.1, 0.15) is 12.4 Å². The van der Waals surface area contributed by atoms with E-state index in [0.717, 1.165) is 0 Å². The van der Waals surface area contributed by atoms with Gasteiger partial charge in [-0.1, -0.05) is 0 Å². The molecule has 14 heavy (non-hydrogen) atoms. The molecule has 0 bridgehead atoms. The zero-order chi connectivity index (χ0) is 9.80. The Labute approximate surface area is 81.1 Å². The summed E-state index contributed by atoms with van der Waals surface area (Å²) in [7, 11) is 0. The van der Waals surface area contributed by atoms with Gasteiger partial charge in [0.15, 0.2) is 0 Å². The highest BCUT2D eigenvalue weighted by molar-refractivity contribution is 5.01. The van der Waals surface area contributed by atoms with Crippen LogP contribution in [0.4, 0.5) is 0 Å². The van der Waals surface area contributed by atoms with E-state index in [1.165, 1.54) is 0 Å². The lowest BCUT2D eigenvalue weighted by atomic mass is 10.4. The summed E-state index contributed by atoms with van der Waals surface area (Å²) in [6.07, 6.45) is 5.18. The highest BCUT2D eigenvalue weighted by atomic mass is 16.3. The Bertz CT molecular complexity index is 399. The Balaban J connectivity index is 2.17. The van der Waals surface area contributed by atoms with E-state index in [0.29, 0.717) is 18.1 Å². The smallest absolute Gasteiger partial charge is 0.150 e. The maximum Gasteiger partial charge on any atom is 0.150 e. The van der Waals surface area contributed by atoms with Crippen LogP contribution in [-0.2, 0) is 13.2 Å². The molecule has 0 saturated heterocycles. The van der Waals surface area contributed by atoms with E-state index in [9.17, 15) is 0 Å². The van der Waals surface area contributed by atoms with E-state index in [1.54, 1.807) is 23.1 Å². The normalized spacial score (nSPS) is 10.4. The number of nitrogens with zero attached hydrogens (tertiary/aromatic N) is 4. The number of aliphatic hydroxyl groups excluding tert-OH is 1. The molecule has 2 aromatic rings. The van der Waals surface area contributed by atoms with E-state index >= 15 is 0 Å². The van der Waals surface area contributed by atoms with Crippen molar-refractivity contribution in [3.8, 4) is 0 Å².